The van der Waals surface area contributed by atoms with Crippen molar-refractivity contribution in [3.05, 3.63) is 113 Å². The van der Waals surface area contributed by atoms with Gasteiger partial charge in [-0.05, 0) is 42.3 Å². The number of aryl methyl sites for hydroxylation is 1. The van der Waals surface area contributed by atoms with Crippen molar-refractivity contribution in [2.24, 2.45) is 0 Å². The smallest absolute Gasteiger partial charge is 0.256 e. The molecule has 0 saturated carbocycles. The molecule has 0 atom stereocenters. The van der Waals surface area contributed by atoms with Gasteiger partial charge in [0.15, 0.2) is 0 Å². The normalized spacial score (nSPS) is 11.5. The Hall–Kier alpha value is -3.75. The van der Waals surface area contributed by atoms with Gasteiger partial charge in [-0.15, -0.1) is 0 Å². The first kappa shape index (κ1) is 23.4. The number of hydrogen-bond donors (Lipinski definition) is 1. The van der Waals surface area contributed by atoms with Crippen LogP contribution in [-0.4, -0.2) is 35.5 Å². The Morgan fingerprint density at radius 1 is 0.912 bits per heavy atom. The molecule has 0 unspecified atom stereocenters. The monoisotopic (exact) mass is 474 g/mol. The van der Waals surface area contributed by atoms with E-state index in [1.807, 2.05) is 67.6 Å². The third-order valence-electron chi connectivity index (χ3n) is 5.39. The van der Waals surface area contributed by atoms with Crippen molar-refractivity contribution < 1.29 is 13.2 Å². The highest BCUT2D eigenvalue weighted by Gasteiger charge is 2.21. The van der Waals surface area contributed by atoms with Gasteiger partial charge in [0, 0.05) is 25.2 Å². The van der Waals surface area contributed by atoms with Gasteiger partial charge in [-0.25, -0.2) is 13.1 Å². The molecule has 0 fully saturated rings. The highest BCUT2D eigenvalue weighted by atomic mass is 32.2. The van der Waals surface area contributed by atoms with E-state index in [1.165, 1.54) is 28.6 Å². The first-order valence-electron chi connectivity index (χ1n) is 10.8. The van der Waals surface area contributed by atoms with E-state index in [4.69, 9.17) is 0 Å². The summed E-state index contributed by atoms with van der Waals surface area (Å²) in [7, 11) is -2.15. The highest BCUT2D eigenvalue weighted by Crippen LogP contribution is 2.19. The van der Waals surface area contributed by atoms with E-state index in [1.54, 1.807) is 17.8 Å². The number of aromatic nitrogens is 2. The topological polar surface area (TPSA) is 84.3 Å². The van der Waals surface area contributed by atoms with Crippen LogP contribution in [-0.2, 0) is 23.1 Å². The van der Waals surface area contributed by atoms with Gasteiger partial charge in [0.05, 0.1) is 17.1 Å². The van der Waals surface area contributed by atoms with E-state index in [9.17, 15) is 13.2 Å². The number of hydrogen-bond acceptors (Lipinski definition) is 4. The zero-order valence-electron chi connectivity index (χ0n) is 19.0. The van der Waals surface area contributed by atoms with Gasteiger partial charge >= 0.3 is 0 Å². The summed E-state index contributed by atoms with van der Waals surface area (Å²) in [4.78, 5) is 13.0. The Balaban J connectivity index is 1.46. The van der Waals surface area contributed by atoms with Crippen LogP contribution >= 0.6 is 0 Å². The van der Waals surface area contributed by atoms with E-state index in [2.05, 4.69) is 10.4 Å². The van der Waals surface area contributed by atoms with E-state index in [0.717, 1.165) is 16.8 Å². The molecule has 1 aromatic heterocycles. The minimum atomic E-state index is -3.69. The molecular weight excluding hydrogens is 448 g/mol. The van der Waals surface area contributed by atoms with Crippen LogP contribution in [0.25, 0.3) is 0 Å². The van der Waals surface area contributed by atoms with Crippen LogP contribution in [0.5, 0.6) is 0 Å². The zero-order chi connectivity index (χ0) is 24.1. The summed E-state index contributed by atoms with van der Waals surface area (Å²) in [5, 5.41) is 7.35. The van der Waals surface area contributed by atoms with Crippen LogP contribution in [0.4, 0.5) is 5.82 Å². The molecule has 34 heavy (non-hydrogen) atoms. The van der Waals surface area contributed by atoms with Crippen molar-refractivity contribution in [3.63, 3.8) is 0 Å². The van der Waals surface area contributed by atoms with Crippen molar-refractivity contribution in [3.8, 4) is 0 Å². The van der Waals surface area contributed by atoms with Gasteiger partial charge in [-0.3, -0.25) is 4.79 Å². The molecule has 0 aliphatic rings. The maximum absolute atomic E-state index is 12.9. The molecule has 8 heteroatoms. The van der Waals surface area contributed by atoms with Gasteiger partial charge < -0.3 is 5.32 Å². The van der Waals surface area contributed by atoms with E-state index in [-0.39, 0.29) is 17.3 Å². The number of nitrogens with zero attached hydrogens (tertiary/aromatic N) is 3. The van der Waals surface area contributed by atoms with Gasteiger partial charge in [-0.2, -0.15) is 9.40 Å². The number of rotatable bonds is 8. The van der Waals surface area contributed by atoms with Crippen molar-refractivity contribution in [1.29, 1.82) is 0 Å². The molecular formula is C26H26N4O3S. The Morgan fingerprint density at radius 3 is 2.12 bits per heavy atom. The van der Waals surface area contributed by atoms with Gasteiger partial charge in [0.2, 0.25) is 10.0 Å². The van der Waals surface area contributed by atoms with Crippen molar-refractivity contribution in [2.75, 3.05) is 12.4 Å². The lowest BCUT2D eigenvalue weighted by atomic mass is 10.2. The fourth-order valence-corrected chi connectivity index (χ4v) is 4.75. The Kier molecular flexibility index (Phi) is 6.90. The number of anilines is 1. The summed E-state index contributed by atoms with van der Waals surface area (Å²) in [6.07, 6.45) is 0. The summed E-state index contributed by atoms with van der Waals surface area (Å²) in [5.74, 6) is 0.237. The average molecular weight is 475 g/mol. The minimum absolute atomic E-state index is 0.132. The molecule has 0 saturated heterocycles. The quantitative estimate of drug-likeness (QED) is 0.412. The van der Waals surface area contributed by atoms with Crippen LogP contribution in [0, 0.1) is 6.92 Å². The molecule has 0 aliphatic heterocycles. The third kappa shape index (κ3) is 5.41. The van der Waals surface area contributed by atoms with Crippen LogP contribution in [0.2, 0.25) is 0 Å². The minimum Gasteiger partial charge on any atom is -0.307 e. The number of amides is 1. The molecule has 3 aromatic carbocycles. The van der Waals surface area contributed by atoms with Crippen LogP contribution < -0.4 is 5.32 Å². The van der Waals surface area contributed by atoms with Crippen LogP contribution in [0.3, 0.4) is 0 Å². The van der Waals surface area contributed by atoms with Crippen molar-refractivity contribution in [2.45, 2.75) is 24.9 Å². The fourth-order valence-electron chi connectivity index (χ4n) is 3.60. The van der Waals surface area contributed by atoms with Crippen molar-refractivity contribution in [1.82, 2.24) is 14.1 Å². The molecule has 1 heterocycles. The Labute approximate surface area is 199 Å². The molecule has 0 spiro atoms. The lowest BCUT2D eigenvalue weighted by Gasteiger charge is -2.17. The number of nitrogens with one attached hydrogen (secondary N) is 1. The van der Waals surface area contributed by atoms with Gasteiger partial charge in [0.1, 0.15) is 5.82 Å². The Bertz CT molecular complexity index is 1370. The molecule has 1 N–H and O–H groups in total. The maximum atomic E-state index is 12.9. The first-order chi connectivity index (χ1) is 16.3. The number of sulfonamides is 1. The summed E-state index contributed by atoms with van der Waals surface area (Å²) in [5.41, 5.74) is 3.10. The van der Waals surface area contributed by atoms with Crippen molar-refractivity contribution >= 4 is 21.7 Å². The van der Waals surface area contributed by atoms with Gasteiger partial charge in [-0.1, -0.05) is 60.7 Å². The standard InChI is InChI=1S/C26H26N4O3S/c1-20-17-25(30(28-20)19-22-11-7-4-8-12-22)27-26(31)23-13-15-24(16-14-23)34(32,33)29(2)18-21-9-5-3-6-10-21/h3-17H,18-19H2,1-2H3,(H,27,31). The summed E-state index contributed by atoms with van der Waals surface area (Å²) in [6, 6.07) is 27.0. The van der Waals surface area contributed by atoms with Gasteiger partial charge in [0.25, 0.3) is 5.91 Å². The second-order valence-corrected chi connectivity index (χ2v) is 10.1. The fraction of sp³-hybridized carbons (Fsp3) is 0.154. The number of carbonyl (C=O) groups excluding carboxylic acids is 1. The molecule has 4 aromatic rings. The molecule has 174 valence electrons. The molecule has 0 aliphatic carbocycles. The summed E-state index contributed by atoms with van der Waals surface area (Å²) in [6.45, 7) is 2.65. The predicted octanol–water partition coefficient (Wildman–Crippen LogP) is 4.31. The lowest BCUT2D eigenvalue weighted by molar-refractivity contribution is 0.102. The number of carbonyl (C=O) groups is 1. The highest BCUT2D eigenvalue weighted by molar-refractivity contribution is 7.89. The maximum Gasteiger partial charge on any atom is 0.256 e. The van der Waals surface area contributed by atoms with Crippen LogP contribution in [0.1, 0.15) is 27.2 Å². The number of benzene rings is 3. The molecule has 1 amide bonds. The second-order valence-electron chi connectivity index (χ2n) is 8.04. The molecule has 0 radical (unpaired) electrons. The van der Waals surface area contributed by atoms with Crippen LogP contribution in [0.15, 0.2) is 95.9 Å². The molecule has 7 nitrogen and oxygen atoms in total. The Morgan fingerprint density at radius 2 is 1.50 bits per heavy atom. The second kappa shape index (κ2) is 10.0. The summed E-state index contributed by atoms with van der Waals surface area (Å²) < 4.78 is 28.9. The molecule has 4 rings (SSSR count). The largest absolute Gasteiger partial charge is 0.307 e. The molecule has 0 bridgehead atoms. The zero-order valence-corrected chi connectivity index (χ0v) is 19.9. The van der Waals surface area contributed by atoms with E-state index >= 15 is 0 Å². The average Bonchev–Trinajstić information content (AvgIpc) is 3.18. The third-order valence-corrected chi connectivity index (χ3v) is 7.21. The first-order valence-corrected chi connectivity index (χ1v) is 12.3. The lowest BCUT2D eigenvalue weighted by Crippen LogP contribution is -2.26. The van der Waals surface area contributed by atoms with E-state index in [0.29, 0.717) is 17.9 Å². The summed E-state index contributed by atoms with van der Waals surface area (Å²) >= 11 is 0. The SMILES string of the molecule is Cc1cc(NC(=O)c2ccc(S(=O)(=O)N(C)Cc3ccccc3)cc2)n(Cc2ccccc2)n1. The van der Waals surface area contributed by atoms with E-state index < -0.39 is 10.0 Å². The predicted molar refractivity (Wildman–Crippen MR) is 132 cm³/mol.